The summed E-state index contributed by atoms with van der Waals surface area (Å²) in [6, 6.07) is 14.3. The molecule has 30 heavy (non-hydrogen) atoms. The molecule has 2 aromatic carbocycles. The predicted octanol–water partition coefficient (Wildman–Crippen LogP) is 3.63. The first kappa shape index (κ1) is 20.7. The number of hydrogen-bond donors (Lipinski definition) is 0. The van der Waals surface area contributed by atoms with E-state index in [9.17, 15) is 4.79 Å². The van der Waals surface area contributed by atoms with Crippen molar-refractivity contribution in [3.05, 3.63) is 53.6 Å². The molecule has 0 bridgehead atoms. The molecule has 2 unspecified atom stereocenters. The van der Waals surface area contributed by atoms with Crippen LogP contribution in [0.5, 0.6) is 17.2 Å². The maximum absolute atomic E-state index is 11.9. The fourth-order valence-electron chi connectivity index (χ4n) is 4.45. The first-order valence-electron chi connectivity index (χ1n) is 10.4. The highest BCUT2D eigenvalue weighted by Crippen LogP contribution is 2.41. The molecule has 2 heterocycles. The van der Waals surface area contributed by atoms with Gasteiger partial charge in [0.05, 0.1) is 26.9 Å². The van der Waals surface area contributed by atoms with Crippen molar-refractivity contribution in [1.82, 2.24) is 4.90 Å². The summed E-state index contributed by atoms with van der Waals surface area (Å²) in [7, 11) is 1.66. The second-order valence-electron chi connectivity index (χ2n) is 8.14. The number of benzene rings is 2. The Morgan fingerprint density at radius 2 is 1.90 bits per heavy atom. The highest BCUT2D eigenvalue weighted by Gasteiger charge is 2.40. The lowest BCUT2D eigenvalue weighted by molar-refractivity contribution is -0.118. The number of rotatable bonds is 8. The van der Waals surface area contributed by atoms with Gasteiger partial charge in [-0.15, -0.1) is 0 Å². The normalized spacial score (nSPS) is 23.0. The van der Waals surface area contributed by atoms with Crippen molar-refractivity contribution in [3.8, 4) is 17.2 Å². The van der Waals surface area contributed by atoms with Gasteiger partial charge in [0.1, 0.15) is 11.5 Å². The zero-order valence-electron chi connectivity index (χ0n) is 17.8. The van der Waals surface area contributed by atoms with Gasteiger partial charge in [-0.1, -0.05) is 25.1 Å². The third kappa shape index (κ3) is 4.45. The molecule has 0 saturated carbocycles. The van der Waals surface area contributed by atoms with E-state index < -0.39 is 0 Å². The summed E-state index contributed by atoms with van der Waals surface area (Å²) in [5.41, 5.74) is 2.32. The van der Waals surface area contributed by atoms with Crippen molar-refractivity contribution >= 4 is 5.78 Å². The standard InChI is InChI=1S/C24H29NO5/c1-16(26)11-25-12-21(19-6-9-23-24(10-19)30-15-29-23)17(2)22(25)14-28-13-18-4-7-20(27-3)8-5-18/h4-10,17,21-22H,11-15H2,1-3H3/t17-,21?,22?/m1/s1. The Morgan fingerprint density at radius 1 is 1.13 bits per heavy atom. The maximum Gasteiger partial charge on any atom is 0.231 e. The van der Waals surface area contributed by atoms with Crippen molar-refractivity contribution in [2.24, 2.45) is 5.92 Å². The number of ketones is 1. The van der Waals surface area contributed by atoms with Crippen LogP contribution in [0.3, 0.4) is 0 Å². The second-order valence-corrected chi connectivity index (χ2v) is 8.14. The Labute approximate surface area is 177 Å². The summed E-state index contributed by atoms with van der Waals surface area (Å²) in [5, 5.41) is 0. The summed E-state index contributed by atoms with van der Waals surface area (Å²) in [6.45, 7) is 6.57. The molecule has 1 saturated heterocycles. The Balaban J connectivity index is 1.43. The van der Waals surface area contributed by atoms with E-state index >= 15 is 0 Å². The molecular weight excluding hydrogens is 382 g/mol. The van der Waals surface area contributed by atoms with Crippen molar-refractivity contribution in [1.29, 1.82) is 0 Å². The highest BCUT2D eigenvalue weighted by molar-refractivity contribution is 5.77. The number of likely N-dealkylation sites (tertiary alicyclic amines) is 1. The quantitative estimate of drug-likeness (QED) is 0.661. The SMILES string of the molecule is COc1ccc(COCC2[C@H](C)C(c3ccc4c(c3)OCO4)CN2CC(C)=O)cc1. The summed E-state index contributed by atoms with van der Waals surface area (Å²) in [4.78, 5) is 14.1. The van der Waals surface area contributed by atoms with E-state index in [4.69, 9.17) is 18.9 Å². The predicted molar refractivity (Wildman–Crippen MR) is 113 cm³/mol. The van der Waals surface area contributed by atoms with Gasteiger partial charge in [-0.2, -0.15) is 0 Å². The van der Waals surface area contributed by atoms with Gasteiger partial charge < -0.3 is 18.9 Å². The molecule has 160 valence electrons. The molecule has 2 aliphatic heterocycles. The van der Waals surface area contributed by atoms with E-state index in [2.05, 4.69) is 24.0 Å². The molecule has 2 aromatic rings. The fourth-order valence-corrected chi connectivity index (χ4v) is 4.45. The minimum Gasteiger partial charge on any atom is -0.497 e. The van der Waals surface area contributed by atoms with Gasteiger partial charge in [0.2, 0.25) is 6.79 Å². The van der Waals surface area contributed by atoms with E-state index in [1.807, 2.05) is 30.3 Å². The van der Waals surface area contributed by atoms with E-state index in [0.29, 0.717) is 31.6 Å². The molecule has 1 fully saturated rings. The van der Waals surface area contributed by atoms with E-state index in [-0.39, 0.29) is 18.6 Å². The number of ether oxygens (including phenoxy) is 4. The number of carbonyl (C=O) groups is 1. The number of fused-ring (bicyclic) bond motifs is 1. The van der Waals surface area contributed by atoms with Crippen LogP contribution in [0.2, 0.25) is 0 Å². The number of carbonyl (C=O) groups excluding carboxylic acids is 1. The van der Waals surface area contributed by atoms with Crippen LogP contribution >= 0.6 is 0 Å². The number of methoxy groups -OCH3 is 1. The molecule has 0 spiro atoms. The lowest BCUT2D eigenvalue weighted by Crippen LogP contribution is -2.38. The largest absolute Gasteiger partial charge is 0.497 e. The highest BCUT2D eigenvalue weighted by atomic mass is 16.7. The Bertz CT molecular complexity index is 882. The summed E-state index contributed by atoms with van der Waals surface area (Å²) in [5.74, 6) is 3.27. The molecule has 0 aromatic heterocycles. The monoisotopic (exact) mass is 411 g/mol. The third-order valence-corrected chi connectivity index (χ3v) is 6.11. The Kier molecular flexibility index (Phi) is 6.25. The fraction of sp³-hybridized carbons (Fsp3) is 0.458. The molecule has 4 rings (SSSR count). The van der Waals surface area contributed by atoms with Gasteiger partial charge in [-0.25, -0.2) is 0 Å². The molecule has 0 N–H and O–H groups in total. The summed E-state index contributed by atoms with van der Waals surface area (Å²) in [6.07, 6.45) is 0. The van der Waals surface area contributed by atoms with E-state index in [1.165, 1.54) is 5.56 Å². The maximum atomic E-state index is 11.9. The van der Waals surface area contributed by atoms with Crippen molar-refractivity contribution in [2.75, 3.05) is 33.6 Å². The summed E-state index contributed by atoms with van der Waals surface area (Å²) < 4.78 is 22.3. The topological polar surface area (TPSA) is 57.2 Å². The van der Waals surface area contributed by atoms with Crippen molar-refractivity contribution in [2.45, 2.75) is 32.4 Å². The second kappa shape index (κ2) is 9.06. The average molecular weight is 411 g/mol. The van der Waals surface area contributed by atoms with Gasteiger partial charge in [0, 0.05) is 18.5 Å². The zero-order valence-corrected chi connectivity index (χ0v) is 17.8. The van der Waals surface area contributed by atoms with Crippen LogP contribution in [0.4, 0.5) is 0 Å². The van der Waals surface area contributed by atoms with Crippen LogP contribution in [0.15, 0.2) is 42.5 Å². The number of Topliss-reactive ketones (excluding diaryl/α,β-unsaturated/α-hetero) is 1. The summed E-state index contributed by atoms with van der Waals surface area (Å²) >= 11 is 0. The minimum atomic E-state index is 0.175. The molecule has 6 heteroatoms. The molecule has 3 atom stereocenters. The minimum absolute atomic E-state index is 0.175. The van der Waals surface area contributed by atoms with Gasteiger partial charge in [-0.05, 0) is 48.2 Å². The molecular formula is C24H29NO5. The number of nitrogens with zero attached hydrogens (tertiary/aromatic N) is 1. The first-order valence-corrected chi connectivity index (χ1v) is 10.4. The molecule has 0 amide bonds. The van der Waals surface area contributed by atoms with Gasteiger partial charge in [0.15, 0.2) is 11.5 Å². The van der Waals surface area contributed by atoms with Crippen molar-refractivity contribution < 1.29 is 23.7 Å². The van der Waals surface area contributed by atoms with Gasteiger partial charge in [-0.3, -0.25) is 9.69 Å². The first-order chi connectivity index (χ1) is 14.5. The van der Waals surface area contributed by atoms with E-state index in [0.717, 1.165) is 29.4 Å². The van der Waals surface area contributed by atoms with Crippen LogP contribution in [0.1, 0.15) is 30.9 Å². The van der Waals surface area contributed by atoms with Crippen LogP contribution in [-0.4, -0.2) is 50.3 Å². The Morgan fingerprint density at radius 3 is 2.63 bits per heavy atom. The lowest BCUT2D eigenvalue weighted by Gasteiger charge is -2.26. The van der Waals surface area contributed by atoms with Gasteiger partial charge >= 0.3 is 0 Å². The Hall–Kier alpha value is -2.57. The molecule has 0 aliphatic carbocycles. The van der Waals surface area contributed by atoms with Gasteiger partial charge in [0.25, 0.3) is 0 Å². The molecule has 2 aliphatic rings. The zero-order chi connectivity index (χ0) is 21.1. The van der Waals surface area contributed by atoms with Crippen LogP contribution in [0.25, 0.3) is 0 Å². The lowest BCUT2D eigenvalue weighted by atomic mass is 9.87. The van der Waals surface area contributed by atoms with Crippen molar-refractivity contribution in [3.63, 3.8) is 0 Å². The van der Waals surface area contributed by atoms with Crippen LogP contribution in [0, 0.1) is 5.92 Å². The molecule has 0 radical (unpaired) electrons. The average Bonchev–Trinajstić information content (AvgIpc) is 3.33. The van der Waals surface area contributed by atoms with E-state index in [1.54, 1.807) is 14.0 Å². The smallest absolute Gasteiger partial charge is 0.231 e. The van der Waals surface area contributed by atoms with Crippen LogP contribution < -0.4 is 14.2 Å². The van der Waals surface area contributed by atoms with Crippen LogP contribution in [-0.2, 0) is 16.1 Å². The third-order valence-electron chi connectivity index (χ3n) is 6.11. The number of hydrogen-bond acceptors (Lipinski definition) is 6. The molecule has 6 nitrogen and oxygen atoms in total.